The van der Waals surface area contributed by atoms with Gasteiger partial charge >= 0.3 is 0 Å². The lowest BCUT2D eigenvalue weighted by Crippen LogP contribution is -2.08. The average Bonchev–Trinajstić information content (AvgIpc) is 2.62. The van der Waals surface area contributed by atoms with Gasteiger partial charge in [0.25, 0.3) is 0 Å². The van der Waals surface area contributed by atoms with Gasteiger partial charge in [0.2, 0.25) is 0 Å². The minimum absolute atomic E-state index is 0.965. The van der Waals surface area contributed by atoms with Crippen molar-refractivity contribution in [3.63, 3.8) is 0 Å². The summed E-state index contributed by atoms with van der Waals surface area (Å²) in [4.78, 5) is 0. The smallest absolute Gasteiger partial charge is 0.0199 e. The quantitative estimate of drug-likeness (QED) is 0.392. The van der Waals surface area contributed by atoms with Gasteiger partial charge in [0.1, 0.15) is 0 Å². The first-order chi connectivity index (χ1) is 11.3. The van der Waals surface area contributed by atoms with Gasteiger partial charge in [0.15, 0.2) is 0 Å². The Morgan fingerprint density at radius 2 is 1.39 bits per heavy atom. The van der Waals surface area contributed by atoms with Crippen LogP contribution in [0.1, 0.15) is 54.4 Å². The van der Waals surface area contributed by atoms with Crippen molar-refractivity contribution in [3.05, 3.63) is 73.4 Å². The van der Waals surface area contributed by atoms with Crippen molar-refractivity contribution in [2.75, 3.05) is 13.6 Å². The molecule has 0 aliphatic carbocycles. The molecule has 134 valence electrons. The molecule has 1 N–H and O–H groups in total. The molecule has 0 rings (SSSR count). The van der Waals surface area contributed by atoms with Crippen molar-refractivity contribution in [2.24, 2.45) is 0 Å². The Labute approximate surface area is 147 Å². The van der Waals surface area contributed by atoms with Crippen LogP contribution in [0.25, 0.3) is 0 Å². The number of hydrogen-bond donors (Lipinski definition) is 1. The van der Waals surface area contributed by atoms with Gasteiger partial charge in [0.05, 0.1) is 0 Å². The summed E-state index contributed by atoms with van der Waals surface area (Å²) in [6, 6.07) is 0. The number of allylic oxidation sites excluding steroid dienone is 8. The molecule has 0 bridgehead atoms. The minimum Gasteiger partial charge on any atom is -0.316 e. The van der Waals surface area contributed by atoms with E-state index in [2.05, 4.69) is 69.6 Å². The van der Waals surface area contributed by atoms with Crippen LogP contribution in [-0.4, -0.2) is 13.6 Å². The molecule has 0 saturated carbocycles. The lowest BCUT2D eigenvalue weighted by molar-refractivity contribution is 0.893. The molecule has 0 atom stereocenters. The monoisotopic (exact) mass is 319 g/mol. The van der Waals surface area contributed by atoms with Crippen molar-refractivity contribution in [3.8, 4) is 0 Å². The van der Waals surface area contributed by atoms with E-state index in [1.165, 1.54) is 5.57 Å². The predicted octanol–water partition coefficient (Wildman–Crippen LogP) is 7.03. The Balaban J connectivity index is -0.000000129. The Bertz CT molecular complexity index is 317. The molecule has 0 unspecified atom stereocenters. The molecule has 0 saturated heterocycles. The zero-order valence-corrected chi connectivity index (χ0v) is 16.7. The first-order valence-electron chi connectivity index (χ1n) is 8.67. The van der Waals surface area contributed by atoms with Crippen LogP contribution >= 0.6 is 0 Å². The normalized spacial score (nSPS) is 11.0. The maximum Gasteiger partial charge on any atom is 0.0199 e. The fraction of sp³-hybridized carbons (Fsp3) is 0.455. The van der Waals surface area contributed by atoms with Gasteiger partial charge in [-0.2, -0.15) is 0 Å². The van der Waals surface area contributed by atoms with Crippen LogP contribution in [0.2, 0.25) is 0 Å². The van der Waals surface area contributed by atoms with E-state index in [0.717, 1.165) is 19.4 Å². The van der Waals surface area contributed by atoms with Crippen LogP contribution < -0.4 is 5.32 Å². The summed E-state index contributed by atoms with van der Waals surface area (Å²) >= 11 is 0. The second-order valence-corrected chi connectivity index (χ2v) is 3.95. The standard InChI is InChI=1S/C9H17N.C9H14.C2H6.C2H4/c1-4-6-7-9(5-2)8-10-3;1-3-5-7-9-8-6-4-2;2*1-2/h5-7,10H,4,8H2,1-3H3;3,5-9H,4H2,1-2H3;1-2H3;1-2H2/b7-6-,9-5+;5-3-,8-6?,9-7-;;. The van der Waals surface area contributed by atoms with E-state index in [9.17, 15) is 0 Å². The third-order valence-corrected chi connectivity index (χ3v) is 2.22. The highest BCUT2D eigenvalue weighted by Gasteiger charge is 1.84. The zero-order chi connectivity index (χ0) is 18.8. The first kappa shape index (κ1) is 29.4. The molecule has 0 heterocycles. The highest BCUT2D eigenvalue weighted by Crippen LogP contribution is 1.95. The molecule has 1 heteroatoms. The van der Waals surface area contributed by atoms with Gasteiger partial charge in [-0.25, -0.2) is 0 Å². The van der Waals surface area contributed by atoms with Crippen LogP contribution in [-0.2, 0) is 0 Å². The van der Waals surface area contributed by atoms with Crippen LogP contribution in [0.5, 0.6) is 0 Å². The number of hydrogen-bond acceptors (Lipinski definition) is 1. The summed E-state index contributed by atoms with van der Waals surface area (Å²) in [5.41, 5.74) is 1.35. The molecule has 1 nitrogen and oxygen atoms in total. The maximum absolute atomic E-state index is 3.11. The van der Waals surface area contributed by atoms with Crippen LogP contribution in [0.3, 0.4) is 0 Å². The van der Waals surface area contributed by atoms with Gasteiger partial charge in [-0.3, -0.25) is 0 Å². The Morgan fingerprint density at radius 1 is 0.870 bits per heavy atom. The molecular weight excluding hydrogens is 278 g/mol. The van der Waals surface area contributed by atoms with Gasteiger partial charge in [-0.1, -0.05) is 82.4 Å². The van der Waals surface area contributed by atoms with Crippen molar-refractivity contribution in [1.29, 1.82) is 0 Å². The first-order valence-corrected chi connectivity index (χ1v) is 8.67. The molecule has 0 amide bonds. The lowest BCUT2D eigenvalue weighted by Gasteiger charge is -1.97. The van der Waals surface area contributed by atoms with Crippen LogP contribution in [0.15, 0.2) is 73.4 Å². The summed E-state index contributed by atoms with van der Waals surface area (Å²) in [6.45, 7) is 19.3. The maximum atomic E-state index is 3.11. The molecule has 0 aliphatic rings. The largest absolute Gasteiger partial charge is 0.316 e. The predicted molar refractivity (Wildman–Crippen MR) is 113 cm³/mol. The molecular formula is C22H41N. The van der Waals surface area contributed by atoms with Gasteiger partial charge in [-0.15, -0.1) is 13.2 Å². The summed E-state index contributed by atoms with van der Waals surface area (Å²) in [7, 11) is 1.96. The highest BCUT2D eigenvalue weighted by atomic mass is 14.8. The van der Waals surface area contributed by atoms with Crippen molar-refractivity contribution >= 4 is 0 Å². The number of rotatable bonds is 7. The molecule has 23 heavy (non-hydrogen) atoms. The van der Waals surface area contributed by atoms with Crippen molar-refractivity contribution in [1.82, 2.24) is 5.32 Å². The Kier molecular flexibility index (Phi) is 47.4. The molecule has 0 aliphatic heterocycles. The van der Waals surface area contributed by atoms with Crippen molar-refractivity contribution in [2.45, 2.75) is 54.4 Å². The van der Waals surface area contributed by atoms with E-state index in [1.807, 2.05) is 52.1 Å². The molecule has 0 spiro atoms. The van der Waals surface area contributed by atoms with E-state index < -0.39 is 0 Å². The van der Waals surface area contributed by atoms with Gasteiger partial charge in [0, 0.05) is 6.54 Å². The lowest BCUT2D eigenvalue weighted by atomic mass is 10.2. The van der Waals surface area contributed by atoms with E-state index >= 15 is 0 Å². The van der Waals surface area contributed by atoms with E-state index in [0.29, 0.717) is 0 Å². The van der Waals surface area contributed by atoms with Gasteiger partial charge < -0.3 is 5.32 Å². The molecule has 0 fully saturated rings. The minimum atomic E-state index is 0.965. The van der Waals surface area contributed by atoms with Gasteiger partial charge in [-0.05, 0) is 39.3 Å². The van der Waals surface area contributed by atoms with E-state index in [-0.39, 0.29) is 0 Å². The number of nitrogens with one attached hydrogen (secondary N) is 1. The van der Waals surface area contributed by atoms with E-state index in [4.69, 9.17) is 0 Å². The summed E-state index contributed by atoms with van der Waals surface area (Å²) in [5.74, 6) is 0. The molecule has 0 radical (unpaired) electrons. The Hall–Kier alpha value is -1.60. The van der Waals surface area contributed by atoms with Crippen molar-refractivity contribution < 1.29 is 0 Å². The second-order valence-electron chi connectivity index (χ2n) is 3.95. The summed E-state index contributed by atoms with van der Waals surface area (Å²) < 4.78 is 0. The third-order valence-electron chi connectivity index (χ3n) is 2.22. The fourth-order valence-electron chi connectivity index (χ4n) is 1.18. The summed E-state index contributed by atoms with van der Waals surface area (Å²) in [6.07, 6.45) is 20.9. The molecule has 0 aromatic rings. The van der Waals surface area contributed by atoms with Crippen LogP contribution in [0, 0.1) is 0 Å². The Morgan fingerprint density at radius 3 is 1.78 bits per heavy atom. The molecule has 0 aromatic heterocycles. The average molecular weight is 320 g/mol. The zero-order valence-electron chi connectivity index (χ0n) is 16.7. The third kappa shape index (κ3) is 38.5. The summed E-state index contributed by atoms with van der Waals surface area (Å²) in [5, 5.41) is 3.11. The SMILES string of the molecule is C/C=C(\C=C/CC)CNC.C/C=C\C=C/C=CCC.C=C.CC. The van der Waals surface area contributed by atoms with E-state index in [1.54, 1.807) is 0 Å². The fourth-order valence-corrected chi connectivity index (χ4v) is 1.18. The highest BCUT2D eigenvalue weighted by molar-refractivity contribution is 5.18. The number of likely N-dealkylation sites (N-methyl/N-ethyl adjacent to an activating group) is 1. The topological polar surface area (TPSA) is 12.0 Å². The molecule has 0 aromatic carbocycles. The van der Waals surface area contributed by atoms with Crippen LogP contribution in [0.4, 0.5) is 0 Å². The second kappa shape index (κ2) is 37.0.